The second-order valence-electron chi connectivity index (χ2n) is 9.63. The molecule has 0 bridgehead atoms. The fourth-order valence-corrected chi connectivity index (χ4v) is 5.03. The molecule has 2 aliphatic rings. The Kier molecular flexibility index (Phi) is 7.53. The number of carbonyl (C=O) groups is 1. The van der Waals surface area contributed by atoms with Crippen LogP contribution >= 0.6 is 0 Å². The molecule has 0 spiro atoms. The molecule has 0 atom stereocenters. The van der Waals surface area contributed by atoms with Gasteiger partial charge in [-0.05, 0) is 81.4 Å². The monoisotopic (exact) mass is 451 g/mol. The standard InChI is InChI=1S/C27H37N3O3/c1-19-7-13-30(14-8-19)27(31)25-6-5-20(2)28-26(25)22-9-11-29(12-10-22)18-21-15-23(32-3)17-24(16-21)33-4/h5-6,15-17,19,22H,7-14,18H2,1-4H3. The van der Waals surface area contributed by atoms with Crippen LogP contribution in [-0.4, -0.2) is 61.1 Å². The summed E-state index contributed by atoms with van der Waals surface area (Å²) in [7, 11) is 3.37. The molecule has 6 nitrogen and oxygen atoms in total. The summed E-state index contributed by atoms with van der Waals surface area (Å²) in [6.07, 6.45) is 4.20. The number of hydrogen-bond donors (Lipinski definition) is 0. The highest BCUT2D eigenvalue weighted by molar-refractivity contribution is 5.95. The number of hydrogen-bond acceptors (Lipinski definition) is 5. The molecule has 0 unspecified atom stereocenters. The fraction of sp³-hybridized carbons (Fsp3) is 0.556. The quantitative estimate of drug-likeness (QED) is 0.639. The number of benzene rings is 1. The molecule has 6 heteroatoms. The molecule has 3 heterocycles. The molecule has 2 saturated heterocycles. The highest BCUT2D eigenvalue weighted by atomic mass is 16.5. The van der Waals surface area contributed by atoms with E-state index in [4.69, 9.17) is 14.5 Å². The lowest BCUT2D eigenvalue weighted by atomic mass is 9.89. The first kappa shape index (κ1) is 23.6. The maximum absolute atomic E-state index is 13.4. The van der Waals surface area contributed by atoms with Crippen molar-refractivity contribution >= 4 is 5.91 Å². The Labute approximate surface area is 197 Å². The maximum atomic E-state index is 13.4. The third kappa shape index (κ3) is 5.67. The lowest BCUT2D eigenvalue weighted by Gasteiger charge is -2.34. The van der Waals surface area contributed by atoms with Gasteiger partial charge in [-0.1, -0.05) is 6.92 Å². The van der Waals surface area contributed by atoms with Gasteiger partial charge in [-0.2, -0.15) is 0 Å². The second-order valence-corrected chi connectivity index (χ2v) is 9.63. The average Bonchev–Trinajstić information content (AvgIpc) is 2.84. The molecule has 2 aliphatic heterocycles. The molecular formula is C27H37N3O3. The smallest absolute Gasteiger partial charge is 0.255 e. The Hall–Kier alpha value is -2.60. The van der Waals surface area contributed by atoms with Crippen molar-refractivity contribution in [2.45, 2.75) is 52.0 Å². The number of aryl methyl sites for hydroxylation is 1. The van der Waals surface area contributed by atoms with Gasteiger partial charge in [-0.3, -0.25) is 14.7 Å². The number of ether oxygens (including phenoxy) is 2. The molecule has 0 radical (unpaired) electrons. The summed E-state index contributed by atoms with van der Waals surface area (Å²) < 4.78 is 10.8. The molecule has 0 saturated carbocycles. The molecule has 4 rings (SSSR count). The minimum Gasteiger partial charge on any atom is -0.497 e. The number of methoxy groups -OCH3 is 2. The van der Waals surface area contributed by atoms with E-state index in [-0.39, 0.29) is 5.91 Å². The Morgan fingerprint density at radius 1 is 0.970 bits per heavy atom. The van der Waals surface area contributed by atoms with Crippen LogP contribution in [0.15, 0.2) is 30.3 Å². The van der Waals surface area contributed by atoms with Gasteiger partial charge in [0.25, 0.3) is 5.91 Å². The molecule has 2 aromatic rings. The molecule has 1 amide bonds. The van der Waals surface area contributed by atoms with Crippen LogP contribution < -0.4 is 9.47 Å². The van der Waals surface area contributed by atoms with Crippen molar-refractivity contribution in [2.24, 2.45) is 5.92 Å². The Morgan fingerprint density at radius 3 is 2.21 bits per heavy atom. The van der Waals surface area contributed by atoms with Crippen molar-refractivity contribution in [3.63, 3.8) is 0 Å². The van der Waals surface area contributed by atoms with Crippen molar-refractivity contribution in [3.05, 3.63) is 52.8 Å². The van der Waals surface area contributed by atoms with Crippen LogP contribution in [0.1, 0.15) is 65.8 Å². The van der Waals surface area contributed by atoms with Crippen LogP contribution in [0.25, 0.3) is 0 Å². The molecule has 0 N–H and O–H groups in total. The van der Waals surface area contributed by atoms with Gasteiger partial charge in [-0.15, -0.1) is 0 Å². The van der Waals surface area contributed by atoms with Crippen LogP contribution in [0, 0.1) is 12.8 Å². The molecule has 0 aliphatic carbocycles. The average molecular weight is 452 g/mol. The lowest BCUT2D eigenvalue weighted by Crippen LogP contribution is -2.39. The normalized spacial score (nSPS) is 18.4. The van der Waals surface area contributed by atoms with E-state index in [1.807, 2.05) is 30.0 Å². The summed E-state index contributed by atoms with van der Waals surface area (Å²) in [6, 6.07) is 10.0. The van der Waals surface area contributed by atoms with Gasteiger partial charge in [-0.25, -0.2) is 0 Å². The molecular weight excluding hydrogens is 414 g/mol. The zero-order chi connectivity index (χ0) is 23.4. The van der Waals surface area contributed by atoms with Gasteiger partial charge in [0.2, 0.25) is 0 Å². The first-order chi connectivity index (χ1) is 16.0. The molecule has 178 valence electrons. The van der Waals surface area contributed by atoms with E-state index < -0.39 is 0 Å². The van der Waals surface area contributed by atoms with Crippen molar-refractivity contribution < 1.29 is 14.3 Å². The predicted molar refractivity (Wildman–Crippen MR) is 130 cm³/mol. The number of carbonyl (C=O) groups excluding carboxylic acids is 1. The largest absolute Gasteiger partial charge is 0.497 e. The van der Waals surface area contributed by atoms with Crippen LogP contribution in [0.3, 0.4) is 0 Å². The summed E-state index contributed by atoms with van der Waals surface area (Å²) in [5.41, 5.74) is 3.99. The van der Waals surface area contributed by atoms with Crippen LogP contribution in [0.5, 0.6) is 11.5 Å². The van der Waals surface area contributed by atoms with Crippen LogP contribution in [0.4, 0.5) is 0 Å². The number of nitrogens with zero attached hydrogens (tertiary/aromatic N) is 3. The Morgan fingerprint density at radius 2 is 1.61 bits per heavy atom. The second kappa shape index (κ2) is 10.6. The number of likely N-dealkylation sites (tertiary alicyclic amines) is 2. The SMILES string of the molecule is COc1cc(CN2CCC(c3nc(C)ccc3C(=O)N3CCC(C)CC3)CC2)cc(OC)c1. The van der Waals surface area contributed by atoms with E-state index in [1.165, 1.54) is 5.56 Å². The zero-order valence-corrected chi connectivity index (χ0v) is 20.5. The zero-order valence-electron chi connectivity index (χ0n) is 20.5. The number of pyridine rings is 1. The van der Waals surface area contributed by atoms with Gasteiger partial charge in [0.05, 0.1) is 25.5 Å². The highest BCUT2D eigenvalue weighted by Crippen LogP contribution is 2.32. The Balaban J connectivity index is 1.43. The van der Waals surface area contributed by atoms with Gasteiger partial charge < -0.3 is 14.4 Å². The van der Waals surface area contributed by atoms with E-state index in [1.54, 1.807) is 14.2 Å². The third-order valence-corrected chi connectivity index (χ3v) is 7.16. The lowest BCUT2D eigenvalue weighted by molar-refractivity contribution is 0.0694. The van der Waals surface area contributed by atoms with Crippen molar-refractivity contribution in [1.82, 2.24) is 14.8 Å². The fourth-order valence-electron chi connectivity index (χ4n) is 5.03. The molecule has 2 fully saturated rings. The molecule has 1 aromatic carbocycles. The number of piperidine rings is 2. The van der Waals surface area contributed by atoms with E-state index in [0.29, 0.717) is 11.8 Å². The first-order valence-electron chi connectivity index (χ1n) is 12.2. The van der Waals surface area contributed by atoms with Gasteiger partial charge in [0.1, 0.15) is 11.5 Å². The van der Waals surface area contributed by atoms with Crippen LogP contribution in [0.2, 0.25) is 0 Å². The minimum absolute atomic E-state index is 0.162. The maximum Gasteiger partial charge on any atom is 0.255 e. The summed E-state index contributed by atoms with van der Waals surface area (Å²) in [6.45, 7) is 8.83. The number of aromatic nitrogens is 1. The van der Waals surface area contributed by atoms with Crippen molar-refractivity contribution in [1.29, 1.82) is 0 Å². The van der Waals surface area contributed by atoms with E-state index in [9.17, 15) is 4.79 Å². The first-order valence-corrected chi connectivity index (χ1v) is 12.2. The molecule has 1 aromatic heterocycles. The highest BCUT2D eigenvalue weighted by Gasteiger charge is 2.29. The topological polar surface area (TPSA) is 54.9 Å². The summed E-state index contributed by atoms with van der Waals surface area (Å²) in [5, 5.41) is 0. The third-order valence-electron chi connectivity index (χ3n) is 7.16. The van der Waals surface area contributed by atoms with Gasteiger partial charge in [0.15, 0.2) is 0 Å². The predicted octanol–water partition coefficient (Wildman–Crippen LogP) is 4.66. The summed E-state index contributed by atoms with van der Waals surface area (Å²) >= 11 is 0. The summed E-state index contributed by atoms with van der Waals surface area (Å²) in [4.78, 5) is 22.7. The van der Waals surface area contributed by atoms with E-state index >= 15 is 0 Å². The summed E-state index contributed by atoms with van der Waals surface area (Å²) in [5.74, 6) is 2.83. The molecule has 33 heavy (non-hydrogen) atoms. The van der Waals surface area contributed by atoms with Crippen molar-refractivity contribution in [2.75, 3.05) is 40.4 Å². The minimum atomic E-state index is 0.162. The van der Waals surface area contributed by atoms with Crippen molar-refractivity contribution in [3.8, 4) is 11.5 Å². The van der Waals surface area contributed by atoms with E-state index in [0.717, 1.165) is 86.9 Å². The number of rotatable bonds is 6. The van der Waals surface area contributed by atoms with Gasteiger partial charge >= 0.3 is 0 Å². The van der Waals surface area contributed by atoms with Gasteiger partial charge in [0, 0.05) is 37.3 Å². The number of amides is 1. The Bertz CT molecular complexity index is 939. The van der Waals surface area contributed by atoms with E-state index in [2.05, 4.69) is 24.0 Å². The van der Waals surface area contributed by atoms with Crippen LogP contribution in [-0.2, 0) is 6.54 Å².